The Hall–Kier alpha value is -7.38. The highest BCUT2D eigenvalue weighted by Gasteiger charge is 2.36. The zero-order valence-corrected chi connectivity index (χ0v) is 36.9. The first-order valence-corrected chi connectivity index (χ1v) is 21.0. The third-order valence-corrected chi connectivity index (χ3v) is 10.2. The number of hydrogen-bond acceptors (Lipinski definition) is 14. The Morgan fingerprint density at radius 3 is 2.02 bits per heavy atom. The van der Waals surface area contributed by atoms with Crippen molar-refractivity contribution in [2.45, 2.75) is 101 Å². The highest BCUT2D eigenvalue weighted by molar-refractivity contribution is 5.99. The second-order valence-corrected chi connectivity index (χ2v) is 15.6. The molecule has 0 aromatic heterocycles. The molecule has 1 aliphatic rings. The highest BCUT2D eigenvalue weighted by Crippen LogP contribution is 2.14. The number of nitrogens with one attached hydrogen (secondary N) is 8. The molecule has 17 N–H and O–H groups in total. The van der Waals surface area contributed by atoms with Gasteiger partial charge in [0.2, 0.25) is 70.9 Å². The first-order valence-electron chi connectivity index (χ1n) is 21.0. The smallest absolute Gasteiger partial charge is 0.245 e. The summed E-state index contributed by atoms with van der Waals surface area (Å²) in [4.78, 5) is 157. The van der Waals surface area contributed by atoms with E-state index >= 15 is 0 Å². The second-order valence-electron chi connectivity index (χ2n) is 15.6. The lowest BCUT2D eigenvalue weighted by Gasteiger charge is -2.29. The van der Waals surface area contributed by atoms with E-state index in [9.17, 15) is 62.6 Å². The number of hydrogen-bond donors (Lipinski definition) is 13. The van der Waals surface area contributed by atoms with Crippen molar-refractivity contribution in [3.63, 3.8) is 0 Å². The van der Waals surface area contributed by atoms with E-state index in [4.69, 9.17) is 22.9 Å². The number of primary amides is 3. The molecular formula is C40H61N13O13. The predicted octanol–water partition coefficient (Wildman–Crippen LogP) is -6.65. The van der Waals surface area contributed by atoms with Crippen LogP contribution in [-0.2, 0) is 64.0 Å². The number of phenols is 1. The molecule has 0 saturated carbocycles. The maximum absolute atomic E-state index is 14.0. The van der Waals surface area contributed by atoms with Crippen molar-refractivity contribution in [1.82, 2.24) is 47.4 Å². The second kappa shape index (κ2) is 27.1. The molecule has 26 nitrogen and oxygen atoms in total. The Labute approximate surface area is 379 Å². The van der Waals surface area contributed by atoms with Gasteiger partial charge in [0.25, 0.3) is 0 Å². The average Bonchev–Trinajstić information content (AvgIpc) is 3.25. The molecule has 0 radical (unpaired) electrons. The number of aromatic hydroxyl groups is 1. The minimum absolute atomic E-state index is 0.0723. The van der Waals surface area contributed by atoms with Gasteiger partial charge in [0.1, 0.15) is 42.0 Å². The summed E-state index contributed by atoms with van der Waals surface area (Å²) in [6.07, 6.45) is -2.74. The molecule has 26 heteroatoms. The normalized spacial score (nSPS) is 21.1. The Kier molecular flexibility index (Phi) is 22.4. The molecule has 0 bridgehead atoms. The molecule has 0 spiro atoms. The van der Waals surface area contributed by atoms with Gasteiger partial charge in [-0.3, -0.25) is 57.5 Å². The van der Waals surface area contributed by atoms with Gasteiger partial charge < -0.3 is 75.5 Å². The summed E-state index contributed by atoms with van der Waals surface area (Å²) in [5, 5.41) is 29.0. The molecule has 7 atom stereocenters. The fourth-order valence-electron chi connectivity index (χ4n) is 6.38. The summed E-state index contributed by atoms with van der Waals surface area (Å²) in [5.41, 5.74) is 21.9. The number of likely N-dealkylation sites (N-methyl/N-ethyl adjacent to an activating group) is 1. The number of nitrogens with two attached hydrogens (primary N) is 4. The Morgan fingerprint density at radius 1 is 0.803 bits per heavy atom. The molecule has 66 heavy (non-hydrogen) atoms. The van der Waals surface area contributed by atoms with Gasteiger partial charge in [-0.1, -0.05) is 32.4 Å². The van der Waals surface area contributed by atoms with Crippen LogP contribution in [0.1, 0.15) is 64.4 Å². The summed E-state index contributed by atoms with van der Waals surface area (Å²) in [5.74, 6) is -12.0. The summed E-state index contributed by atoms with van der Waals surface area (Å²) >= 11 is 0. The number of benzene rings is 1. The first kappa shape index (κ1) is 54.8. The molecule has 364 valence electrons. The van der Waals surface area contributed by atoms with E-state index in [-0.39, 0.29) is 25.1 Å². The van der Waals surface area contributed by atoms with Crippen LogP contribution in [0, 0.1) is 5.92 Å². The number of rotatable bonds is 18. The van der Waals surface area contributed by atoms with Crippen molar-refractivity contribution < 1.29 is 62.6 Å². The summed E-state index contributed by atoms with van der Waals surface area (Å²) in [7, 11) is 1.15. The topological polar surface area (TPSA) is 429 Å². The van der Waals surface area contributed by atoms with Gasteiger partial charge in [-0.15, -0.1) is 0 Å². The Bertz CT molecular complexity index is 1970. The van der Waals surface area contributed by atoms with Gasteiger partial charge in [-0.25, -0.2) is 0 Å². The van der Waals surface area contributed by atoms with E-state index in [1.807, 2.05) is 0 Å². The van der Waals surface area contributed by atoms with Crippen LogP contribution in [0.2, 0.25) is 0 Å². The van der Waals surface area contributed by atoms with Crippen LogP contribution in [-0.4, -0.2) is 150 Å². The fraction of sp³-hybridized carbons (Fsp3) is 0.550. The number of carbonyl (C=O) groups excluding carboxylic acids is 12. The Morgan fingerprint density at radius 2 is 1.42 bits per heavy atom. The van der Waals surface area contributed by atoms with Crippen LogP contribution in [0.4, 0.5) is 0 Å². The molecule has 0 aliphatic carbocycles. The van der Waals surface area contributed by atoms with E-state index in [0.29, 0.717) is 12.0 Å². The zero-order chi connectivity index (χ0) is 49.7. The molecule has 1 aromatic carbocycles. The van der Waals surface area contributed by atoms with E-state index in [0.717, 1.165) is 11.9 Å². The molecule has 1 aromatic rings. The van der Waals surface area contributed by atoms with Crippen LogP contribution >= 0.6 is 0 Å². The quantitative estimate of drug-likeness (QED) is 0.0651. The van der Waals surface area contributed by atoms with Crippen LogP contribution in [0.5, 0.6) is 5.75 Å². The van der Waals surface area contributed by atoms with E-state index in [2.05, 4.69) is 42.5 Å². The standard InChI is InChI=1S/C40H61N13O13/c1-4-20(2)34-39(65)49-23(9-11-28(42)55)36(62)51-27(16-29(43)56)37(63)50-25(40(66)53(3)19-33(60)47-24(13-14-41)35(61)46-17-30(44)57)10-12-31(58)45-18-32(59)48-26(38(64)52-34)15-21-5-7-22(54)8-6-21/h5-8,20,23-27,34,54H,4,9-19,41H2,1-3H3,(H2,42,55)(H2,43,56)(H2,44,57)(H,45,58)(H,46,61)(H,47,60)(H,48,59)(H,49,65)(H,50,63)(H,51,62)(H,52,64)/t20-,23-,24-,25-,26-,27-,34-/m0/s1. The highest BCUT2D eigenvalue weighted by atomic mass is 16.3. The van der Waals surface area contributed by atoms with Crippen molar-refractivity contribution in [3.05, 3.63) is 29.8 Å². The number of nitrogens with zero attached hydrogens (tertiary/aromatic N) is 1. The minimum Gasteiger partial charge on any atom is -0.508 e. The lowest BCUT2D eigenvalue weighted by Crippen LogP contribution is -2.61. The van der Waals surface area contributed by atoms with Gasteiger partial charge in [0.15, 0.2) is 0 Å². The lowest BCUT2D eigenvalue weighted by atomic mass is 9.96. The van der Waals surface area contributed by atoms with Crippen molar-refractivity contribution in [1.29, 1.82) is 0 Å². The van der Waals surface area contributed by atoms with Gasteiger partial charge in [0, 0.05) is 26.3 Å². The number of phenolic OH excluding ortho intramolecular Hbond substituents is 1. The SMILES string of the molecule is CC[C@H](C)[C@@H]1NC(=O)[C@H](Cc2ccc(O)cc2)NC(=O)CNC(=O)CC[C@@H](C(=O)N(C)CC(=O)N[C@@H](CCN)C(=O)NCC(N)=O)NC(=O)[C@H](CC(N)=O)NC(=O)[C@H](CCC(N)=O)NC1=O. The zero-order valence-electron chi connectivity index (χ0n) is 36.9. The third-order valence-electron chi connectivity index (χ3n) is 10.2. The van der Waals surface area contributed by atoms with E-state index in [1.54, 1.807) is 13.8 Å². The van der Waals surface area contributed by atoms with Gasteiger partial charge in [-0.05, 0) is 49.4 Å². The monoisotopic (exact) mass is 931 g/mol. The number of carbonyl (C=O) groups is 12. The van der Waals surface area contributed by atoms with E-state index < -0.39 is 165 Å². The molecule has 12 amide bonds. The van der Waals surface area contributed by atoms with Crippen LogP contribution in [0.3, 0.4) is 0 Å². The fourth-order valence-corrected chi connectivity index (χ4v) is 6.38. The van der Waals surface area contributed by atoms with Crippen molar-refractivity contribution in [2.24, 2.45) is 28.9 Å². The maximum atomic E-state index is 14.0. The van der Waals surface area contributed by atoms with Crippen molar-refractivity contribution in [2.75, 3.05) is 33.2 Å². The third kappa shape index (κ3) is 19.2. The van der Waals surface area contributed by atoms with Crippen LogP contribution < -0.4 is 65.5 Å². The van der Waals surface area contributed by atoms with Gasteiger partial charge >= 0.3 is 0 Å². The summed E-state index contributed by atoms with van der Waals surface area (Å²) in [6.45, 7) is 1.29. The molecule has 1 aliphatic heterocycles. The first-order chi connectivity index (χ1) is 31.0. The van der Waals surface area contributed by atoms with Crippen LogP contribution in [0.15, 0.2) is 24.3 Å². The largest absolute Gasteiger partial charge is 0.508 e. The summed E-state index contributed by atoms with van der Waals surface area (Å²) < 4.78 is 0. The Balaban J connectivity index is 2.58. The molecule has 1 saturated heterocycles. The molecule has 1 heterocycles. The maximum Gasteiger partial charge on any atom is 0.245 e. The minimum atomic E-state index is -1.84. The average molecular weight is 932 g/mol. The van der Waals surface area contributed by atoms with E-state index in [1.165, 1.54) is 24.3 Å². The van der Waals surface area contributed by atoms with Crippen LogP contribution in [0.25, 0.3) is 0 Å². The lowest BCUT2D eigenvalue weighted by molar-refractivity contribution is -0.140. The molecular weight excluding hydrogens is 871 g/mol. The number of amides is 12. The van der Waals surface area contributed by atoms with Gasteiger partial charge in [-0.2, -0.15) is 0 Å². The molecule has 1 fully saturated rings. The molecule has 0 unspecified atom stereocenters. The molecule has 2 rings (SSSR count). The van der Waals surface area contributed by atoms with Crippen molar-refractivity contribution >= 4 is 70.9 Å². The summed E-state index contributed by atoms with van der Waals surface area (Å²) in [6, 6.07) is -3.43. The van der Waals surface area contributed by atoms with Crippen molar-refractivity contribution in [3.8, 4) is 5.75 Å². The predicted molar refractivity (Wildman–Crippen MR) is 231 cm³/mol. The van der Waals surface area contributed by atoms with Gasteiger partial charge in [0.05, 0.1) is 26.1 Å².